The SMILES string of the molecule is COc1ccc(OC)c(NC(=O)C2CC2C(=O)N(Cc2ccccc2)C(C)C)c1. The highest BCUT2D eigenvalue weighted by Gasteiger charge is 2.50. The van der Waals surface area contributed by atoms with Gasteiger partial charge < -0.3 is 19.7 Å². The van der Waals surface area contributed by atoms with Crippen LogP contribution >= 0.6 is 0 Å². The molecule has 2 aromatic carbocycles. The number of carbonyl (C=O) groups is 2. The van der Waals surface area contributed by atoms with Crippen LogP contribution in [0, 0.1) is 11.8 Å². The molecule has 0 radical (unpaired) electrons. The van der Waals surface area contributed by atoms with Gasteiger partial charge in [-0.2, -0.15) is 0 Å². The molecule has 3 rings (SSSR count). The molecule has 1 fully saturated rings. The summed E-state index contributed by atoms with van der Waals surface area (Å²) in [4.78, 5) is 27.6. The third-order valence-electron chi connectivity index (χ3n) is 5.21. The van der Waals surface area contributed by atoms with Crippen molar-refractivity contribution in [3.63, 3.8) is 0 Å². The summed E-state index contributed by atoms with van der Waals surface area (Å²) in [5, 5.41) is 2.89. The van der Waals surface area contributed by atoms with E-state index in [1.165, 1.54) is 0 Å². The lowest BCUT2D eigenvalue weighted by molar-refractivity contribution is -0.136. The molecule has 1 N–H and O–H groups in total. The number of nitrogens with one attached hydrogen (secondary N) is 1. The molecule has 6 nitrogen and oxygen atoms in total. The number of carbonyl (C=O) groups excluding carboxylic acids is 2. The fraction of sp³-hybridized carbons (Fsp3) is 0.391. The zero-order valence-corrected chi connectivity index (χ0v) is 17.3. The zero-order chi connectivity index (χ0) is 21.0. The van der Waals surface area contributed by atoms with Crippen molar-refractivity contribution in [3.8, 4) is 11.5 Å². The van der Waals surface area contributed by atoms with Crippen LogP contribution in [0.25, 0.3) is 0 Å². The first-order valence-corrected chi connectivity index (χ1v) is 9.82. The predicted octanol–water partition coefficient (Wildman–Crippen LogP) is 3.72. The maximum atomic E-state index is 13.0. The van der Waals surface area contributed by atoms with Gasteiger partial charge in [0.05, 0.1) is 31.7 Å². The van der Waals surface area contributed by atoms with E-state index in [4.69, 9.17) is 9.47 Å². The van der Waals surface area contributed by atoms with E-state index in [9.17, 15) is 9.59 Å². The fourth-order valence-electron chi connectivity index (χ4n) is 3.40. The molecule has 0 bridgehead atoms. The lowest BCUT2D eigenvalue weighted by atomic mass is 10.1. The molecule has 1 aliphatic rings. The fourth-order valence-corrected chi connectivity index (χ4v) is 3.40. The van der Waals surface area contributed by atoms with Crippen molar-refractivity contribution in [2.75, 3.05) is 19.5 Å². The molecule has 0 heterocycles. The maximum absolute atomic E-state index is 13.0. The molecule has 1 saturated carbocycles. The molecule has 29 heavy (non-hydrogen) atoms. The first-order valence-electron chi connectivity index (χ1n) is 9.82. The van der Waals surface area contributed by atoms with Crippen molar-refractivity contribution in [2.24, 2.45) is 11.8 Å². The van der Waals surface area contributed by atoms with Gasteiger partial charge >= 0.3 is 0 Å². The summed E-state index contributed by atoms with van der Waals surface area (Å²) in [6.45, 7) is 4.55. The summed E-state index contributed by atoms with van der Waals surface area (Å²) >= 11 is 0. The van der Waals surface area contributed by atoms with Gasteiger partial charge in [0.2, 0.25) is 11.8 Å². The van der Waals surface area contributed by atoms with Crippen molar-refractivity contribution >= 4 is 17.5 Å². The van der Waals surface area contributed by atoms with Crippen LogP contribution in [0.4, 0.5) is 5.69 Å². The van der Waals surface area contributed by atoms with Gasteiger partial charge in [-0.15, -0.1) is 0 Å². The van der Waals surface area contributed by atoms with Gasteiger partial charge in [-0.3, -0.25) is 9.59 Å². The minimum absolute atomic E-state index is 0.0293. The van der Waals surface area contributed by atoms with Crippen LogP contribution in [-0.2, 0) is 16.1 Å². The Bertz CT molecular complexity index is 866. The second kappa shape index (κ2) is 8.99. The molecule has 6 heteroatoms. The van der Waals surface area contributed by atoms with Crippen LogP contribution in [0.15, 0.2) is 48.5 Å². The van der Waals surface area contributed by atoms with Crippen molar-refractivity contribution < 1.29 is 19.1 Å². The molecule has 2 amide bonds. The van der Waals surface area contributed by atoms with Crippen molar-refractivity contribution in [1.82, 2.24) is 4.90 Å². The lowest BCUT2D eigenvalue weighted by Crippen LogP contribution is -2.38. The second-order valence-corrected chi connectivity index (χ2v) is 7.55. The molecule has 154 valence electrons. The van der Waals surface area contributed by atoms with E-state index in [0.29, 0.717) is 30.2 Å². The van der Waals surface area contributed by atoms with E-state index >= 15 is 0 Å². The molecule has 0 saturated heterocycles. The van der Waals surface area contributed by atoms with Crippen LogP contribution in [0.5, 0.6) is 11.5 Å². The maximum Gasteiger partial charge on any atom is 0.228 e. The molecular weight excluding hydrogens is 368 g/mol. The minimum Gasteiger partial charge on any atom is -0.497 e. The van der Waals surface area contributed by atoms with Gasteiger partial charge in [-0.25, -0.2) is 0 Å². The first kappa shape index (κ1) is 20.7. The quantitative estimate of drug-likeness (QED) is 0.739. The molecule has 2 atom stereocenters. The van der Waals surface area contributed by atoms with E-state index < -0.39 is 0 Å². The number of hydrogen-bond donors (Lipinski definition) is 1. The Morgan fingerprint density at radius 1 is 1.07 bits per heavy atom. The molecule has 0 aromatic heterocycles. The van der Waals surface area contributed by atoms with Crippen molar-refractivity contribution in [3.05, 3.63) is 54.1 Å². The van der Waals surface area contributed by atoms with Crippen molar-refractivity contribution in [1.29, 1.82) is 0 Å². The average molecular weight is 396 g/mol. The van der Waals surface area contributed by atoms with E-state index in [1.807, 2.05) is 49.1 Å². The molecule has 2 unspecified atom stereocenters. The van der Waals surface area contributed by atoms with Crippen LogP contribution in [0.1, 0.15) is 25.8 Å². The summed E-state index contributed by atoms with van der Waals surface area (Å²) < 4.78 is 10.5. The number of benzene rings is 2. The highest BCUT2D eigenvalue weighted by atomic mass is 16.5. The Hall–Kier alpha value is -3.02. The summed E-state index contributed by atoms with van der Waals surface area (Å²) in [5.74, 6) is 0.432. The predicted molar refractivity (Wildman–Crippen MR) is 112 cm³/mol. The van der Waals surface area contributed by atoms with Gasteiger partial charge in [-0.1, -0.05) is 30.3 Å². The summed E-state index contributed by atoms with van der Waals surface area (Å²) in [6, 6.07) is 15.2. The zero-order valence-electron chi connectivity index (χ0n) is 17.3. The Balaban J connectivity index is 1.66. The normalized spacial score (nSPS) is 17.6. The van der Waals surface area contributed by atoms with E-state index in [1.54, 1.807) is 32.4 Å². The van der Waals surface area contributed by atoms with E-state index in [0.717, 1.165) is 5.56 Å². The van der Waals surface area contributed by atoms with Crippen LogP contribution in [-0.4, -0.2) is 37.0 Å². The smallest absolute Gasteiger partial charge is 0.228 e. The monoisotopic (exact) mass is 396 g/mol. The molecule has 0 aliphatic heterocycles. The average Bonchev–Trinajstić information content (AvgIpc) is 3.53. The van der Waals surface area contributed by atoms with E-state index in [2.05, 4.69) is 5.32 Å². The third kappa shape index (κ3) is 4.88. The highest BCUT2D eigenvalue weighted by molar-refractivity contribution is 6.00. The Kier molecular flexibility index (Phi) is 6.42. The van der Waals surface area contributed by atoms with Gasteiger partial charge in [-0.05, 0) is 38.0 Å². The largest absolute Gasteiger partial charge is 0.497 e. The molecule has 1 aliphatic carbocycles. The lowest BCUT2D eigenvalue weighted by Gasteiger charge is -2.27. The van der Waals surface area contributed by atoms with Crippen molar-refractivity contribution in [2.45, 2.75) is 32.9 Å². The molecule has 2 aromatic rings. The summed E-state index contributed by atoms with van der Waals surface area (Å²) in [5.41, 5.74) is 1.62. The van der Waals surface area contributed by atoms with Crippen LogP contribution in [0.3, 0.4) is 0 Å². The Morgan fingerprint density at radius 2 is 1.79 bits per heavy atom. The van der Waals surface area contributed by atoms with Gasteiger partial charge in [0, 0.05) is 18.7 Å². The second-order valence-electron chi connectivity index (χ2n) is 7.55. The highest BCUT2D eigenvalue weighted by Crippen LogP contribution is 2.42. The van der Waals surface area contributed by atoms with Crippen LogP contribution < -0.4 is 14.8 Å². The van der Waals surface area contributed by atoms with E-state index in [-0.39, 0.29) is 29.7 Å². The topological polar surface area (TPSA) is 67.9 Å². The number of ether oxygens (including phenoxy) is 2. The first-order chi connectivity index (χ1) is 13.9. The minimum atomic E-state index is -0.324. The van der Waals surface area contributed by atoms with Crippen LogP contribution in [0.2, 0.25) is 0 Å². The third-order valence-corrected chi connectivity index (χ3v) is 5.21. The Morgan fingerprint density at radius 3 is 2.41 bits per heavy atom. The summed E-state index contributed by atoms with van der Waals surface area (Å²) in [6.07, 6.45) is 0.564. The molecular formula is C23H28N2O4. The number of hydrogen-bond acceptors (Lipinski definition) is 4. The number of rotatable bonds is 8. The standard InChI is InChI=1S/C23H28N2O4/c1-15(2)25(14-16-8-6-5-7-9-16)23(27)19-13-18(19)22(26)24-20-12-17(28-3)10-11-21(20)29-4/h5-12,15,18-19H,13-14H2,1-4H3,(H,24,26). The van der Waals surface area contributed by atoms with Gasteiger partial charge in [0.1, 0.15) is 11.5 Å². The van der Waals surface area contributed by atoms with Gasteiger partial charge in [0.15, 0.2) is 0 Å². The number of methoxy groups -OCH3 is 2. The number of amides is 2. The van der Waals surface area contributed by atoms with Gasteiger partial charge in [0.25, 0.3) is 0 Å². The number of anilines is 1. The Labute approximate surface area is 171 Å². The molecule has 0 spiro atoms. The summed E-state index contributed by atoms with van der Waals surface area (Å²) in [7, 11) is 3.11. The number of nitrogens with zero attached hydrogens (tertiary/aromatic N) is 1.